The molecule has 0 saturated carbocycles. The fraction of sp³-hybridized carbons (Fsp3) is 0.650. The van der Waals surface area contributed by atoms with Crippen molar-refractivity contribution in [2.45, 2.75) is 84.0 Å². The molecule has 0 aliphatic carbocycles. The van der Waals surface area contributed by atoms with Crippen molar-refractivity contribution in [3.8, 4) is 0 Å². The molecule has 24 heavy (non-hydrogen) atoms. The summed E-state index contributed by atoms with van der Waals surface area (Å²) in [5, 5.41) is 8.61. The molecule has 0 aromatic carbocycles. The van der Waals surface area contributed by atoms with E-state index in [-0.39, 0.29) is 46.4 Å². The Labute approximate surface area is 180 Å². The van der Waals surface area contributed by atoms with E-state index >= 15 is 0 Å². The summed E-state index contributed by atoms with van der Waals surface area (Å²) >= 11 is 0. The van der Waals surface area contributed by atoms with E-state index in [9.17, 15) is 4.79 Å². The van der Waals surface area contributed by atoms with Crippen LogP contribution in [0.4, 0.5) is 0 Å². The van der Waals surface area contributed by atoms with Gasteiger partial charge >= 0.3 is 43.7 Å². The van der Waals surface area contributed by atoms with Crippen molar-refractivity contribution in [3.63, 3.8) is 0 Å². The van der Waals surface area contributed by atoms with Crippen LogP contribution in [0, 0.1) is 0 Å². The molecule has 0 amide bonds. The molecule has 1 N–H and O–H groups in total. The van der Waals surface area contributed by atoms with Gasteiger partial charge < -0.3 is 12.7 Å². The first-order valence-electron chi connectivity index (χ1n) is 9.24. The van der Waals surface area contributed by atoms with Crippen molar-refractivity contribution in [3.05, 3.63) is 35.8 Å². The number of carboxylic acid groups (broad SMARTS) is 1. The standard InChI is InChI=1S/C20H32O3.Ca.2H/c1-2-3-4-5-6-7-8-9-10-11-12-13-14-15-16-17-18-19(23-18)20(21)22;;;/h14-17H,2-13H2,1H3,(H,21,22);;;/q;+2;2*-1. The van der Waals surface area contributed by atoms with Gasteiger partial charge in [0, 0.05) is 0 Å². The maximum atomic E-state index is 10.5. The second-order valence-electron chi connectivity index (χ2n) is 6.21. The van der Waals surface area contributed by atoms with Crippen molar-refractivity contribution in [1.82, 2.24) is 0 Å². The second kappa shape index (κ2) is 16.2. The minimum atomic E-state index is -0.991. The smallest absolute Gasteiger partial charge is 1.00 e. The SMILES string of the molecule is CCCCCCCCCCCCCC=CC=CC1=C(C(=O)O)O1.[Ca+2].[H-].[H-]. The average Bonchev–Trinajstić information content (AvgIpc) is 3.31. The predicted octanol–water partition coefficient (Wildman–Crippen LogP) is 5.97. The Kier molecular flexibility index (Phi) is 16.1. The molecule has 0 bridgehead atoms. The molecule has 134 valence electrons. The molecule has 3 nitrogen and oxygen atoms in total. The van der Waals surface area contributed by atoms with Crippen LogP contribution < -0.4 is 0 Å². The average molecular weight is 363 g/mol. The number of aliphatic carboxylic acids is 1. The van der Waals surface area contributed by atoms with Crippen LogP contribution in [0.5, 0.6) is 0 Å². The summed E-state index contributed by atoms with van der Waals surface area (Å²) < 4.78 is 4.81. The number of carbonyl (C=O) groups is 1. The third kappa shape index (κ3) is 13.1. The second-order valence-corrected chi connectivity index (χ2v) is 6.21. The molecular weight excluding hydrogens is 328 g/mol. The quantitative estimate of drug-likeness (QED) is 0.222. The number of allylic oxidation sites excluding steroid dienone is 4. The molecule has 0 fully saturated rings. The van der Waals surface area contributed by atoms with E-state index in [0.717, 1.165) is 6.42 Å². The third-order valence-electron chi connectivity index (χ3n) is 4.06. The zero-order valence-corrected chi connectivity index (χ0v) is 17.5. The van der Waals surface area contributed by atoms with E-state index in [4.69, 9.17) is 9.84 Å². The van der Waals surface area contributed by atoms with Crippen LogP contribution in [0.3, 0.4) is 0 Å². The van der Waals surface area contributed by atoms with Crippen LogP contribution in [0.25, 0.3) is 0 Å². The molecule has 0 atom stereocenters. The summed E-state index contributed by atoms with van der Waals surface area (Å²) in [6.07, 6.45) is 23.8. The van der Waals surface area contributed by atoms with Gasteiger partial charge in [-0.15, -0.1) is 0 Å². The van der Waals surface area contributed by atoms with E-state index in [0.29, 0.717) is 5.76 Å². The van der Waals surface area contributed by atoms with Crippen LogP contribution in [0.15, 0.2) is 35.8 Å². The minimum absolute atomic E-state index is 0. The van der Waals surface area contributed by atoms with Crippen LogP contribution in [-0.4, -0.2) is 48.8 Å². The van der Waals surface area contributed by atoms with Crippen LogP contribution in [0.2, 0.25) is 0 Å². The van der Waals surface area contributed by atoms with E-state index in [2.05, 4.69) is 13.0 Å². The molecule has 0 aromatic heterocycles. The summed E-state index contributed by atoms with van der Waals surface area (Å²) in [4.78, 5) is 10.5. The van der Waals surface area contributed by atoms with Gasteiger partial charge in [0.2, 0.25) is 0 Å². The zero-order chi connectivity index (χ0) is 16.8. The fourth-order valence-corrected chi connectivity index (χ4v) is 2.59. The number of unbranched alkanes of at least 4 members (excludes halogenated alkanes) is 11. The molecule has 1 aliphatic rings. The number of carboxylic acids is 1. The van der Waals surface area contributed by atoms with Crippen molar-refractivity contribution in [2.75, 3.05) is 0 Å². The van der Waals surface area contributed by atoms with Gasteiger partial charge in [-0.25, -0.2) is 4.79 Å². The zero-order valence-electron chi connectivity index (χ0n) is 17.3. The van der Waals surface area contributed by atoms with Gasteiger partial charge in [0.1, 0.15) is 0 Å². The molecule has 1 rings (SSSR count). The predicted molar refractivity (Wildman–Crippen MR) is 103 cm³/mol. The first-order chi connectivity index (χ1) is 11.3. The van der Waals surface area contributed by atoms with E-state index in [1.54, 1.807) is 6.08 Å². The third-order valence-corrected chi connectivity index (χ3v) is 4.06. The summed E-state index contributed by atoms with van der Waals surface area (Å²) in [5.41, 5.74) is 0. The van der Waals surface area contributed by atoms with E-state index in [1.807, 2.05) is 12.2 Å². The van der Waals surface area contributed by atoms with Gasteiger partial charge in [-0.1, -0.05) is 89.4 Å². The van der Waals surface area contributed by atoms with Crippen molar-refractivity contribution in [2.24, 2.45) is 0 Å². The Morgan fingerprint density at radius 1 is 0.958 bits per heavy atom. The van der Waals surface area contributed by atoms with E-state index in [1.165, 1.54) is 70.6 Å². The molecule has 1 aliphatic heterocycles. The van der Waals surface area contributed by atoms with Gasteiger partial charge in [-0.2, -0.15) is 0 Å². The molecule has 1 heterocycles. The summed E-state index contributed by atoms with van der Waals surface area (Å²) in [6.45, 7) is 2.26. The van der Waals surface area contributed by atoms with Gasteiger partial charge in [-0.3, -0.25) is 0 Å². The van der Waals surface area contributed by atoms with Gasteiger partial charge in [0.05, 0.1) is 0 Å². The fourth-order valence-electron chi connectivity index (χ4n) is 2.59. The normalized spacial score (nSPS) is 13.4. The van der Waals surface area contributed by atoms with Crippen LogP contribution in [0.1, 0.15) is 86.8 Å². The number of hydrogen-bond acceptors (Lipinski definition) is 2. The molecule has 4 heteroatoms. The summed E-state index contributed by atoms with van der Waals surface area (Å²) in [6, 6.07) is 0. The Morgan fingerprint density at radius 2 is 1.50 bits per heavy atom. The maximum Gasteiger partial charge on any atom is 2.00 e. The minimum Gasteiger partial charge on any atom is -1.00 e. The monoisotopic (exact) mass is 362 g/mol. The largest absolute Gasteiger partial charge is 2.00 e. The Morgan fingerprint density at radius 3 is 2.00 bits per heavy atom. The molecule has 0 aromatic rings. The first-order valence-corrected chi connectivity index (χ1v) is 9.24. The van der Waals surface area contributed by atoms with Gasteiger partial charge in [0.25, 0.3) is 5.76 Å². The van der Waals surface area contributed by atoms with Crippen molar-refractivity contribution in [1.29, 1.82) is 0 Å². The van der Waals surface area contributed by atoms with Gasteiger partial charge in [0.15, 0.2) is 5.76 Å². The molecule has 0 unspecified atom stereocenters. The van der Waals surface area contributed by atoms with Crippen LogP contribution in [-0.2, 0) is 9.53 Å². The molecular formula is C20H34CaO3. The van der Waals surface area contributed by atoms with Crippen molar-refractivity contribution >= 4 is 43.7 Å². The summed E-state index contributed by atoms with van der Waals surface area (Å²) in [7, 11) is 0. The topological polar surface area (TPSA) is 49.8 Å². The maximum absolute atomic E-state index is 10.5. The molecule has 0 saturated heterocycles. The van der Waals surface area contributed by atoms with E-state index < -0.39 is 5.97 Å². The number of hydrogen-bond donors (Lipinski definition) is 1. The molecule has 0 radical (unpaired) electrons. The number of rotatable bonds is 15. The Balaban J connectivity index is -0.00000176. The Hall–Kier alpha value is -0.250. The van der Waals surface area contributed by atoms with Crippen molar-refractivity contribution < 1.29 is 17.5 Å². The molecule has 0 spiro atoms. The summed E-state index contributed by atoms with van der Waals surface area (Å²) in [5.74, 6) is -0.452. The number of ether oxygens (including phenoxy) is 1. The Bertz CT molecular complexity index is 435. The van der Waals surface area contributed by atoms with Gasteiger partial charge in [-0.05, 0) is 18.9 Å². The van der Waals surface area contributed by atoms with Crippen LogP contribution >= 0.6 is 0 Å². The first kappa shape index (κ1) is 23.7.